The zero-order valence-corrected chi connectivity index (χ0v) is 16.4. The monoisotopic (exact) mass is 438 g/mol. The lowest BCUT2D eigenvalue weighted by atomic mass is 10.0. The topological polar surface area (TPSA) is 88.9 Å². The summed E-state index contributed by atoms with van der Waals surface area (Å²) in [5, 5.41) is 0.815. The van der Waals surface area contributed by atoms with Gasteiger partial charge in [0.25, 0.3) is 11.8 Å². The second kappa shape index (κ2) is 7.10. The van der Waals surface area contributed by atoms with Gasteiger partial charge < -0.3 is 9.15 Å². The van der Waals surface area contributed by atoms with Gasteiger partial charge in [-0.3, -0.25) is 15.0 Å². The average molecular weight is 439 g/mol. The second-order valence-electron chi connectivity index (χ2n) is 6.89. The molecule has 154 valence electrons. The number of anilines is 1. The summed E-state index contributed by atoms with van der Waals surface area (Å²) in [5.41, 5.74) is 4.51. The van der Waals surface area contributed by atoms with Crippen molar-refractivity contribution in [2.24, 2.45) is 0 Å². The molecule has 3 heterocycles. The molecule has 31 heavy (non-hydrogen) atoms. The lowest BCUT2D eigenvalue weighted by molar-refractivity contribution is -0.117. The molecule has 0 bridgehead atoms. The van der Waals surface area contributed by atoms with Crippen LogP contribution in [0.3, 0.4) is 0 Å². The van der Waals surface area contributed by atoms with Gasteiger partial charge in [0, 0.05) is 11.1 Å². The van der Waals surface area contributed by atoms with Crippen LogP contribution in [-0.4, -0.2) is 17.8 Å². The fraction of sp³-hybridized carbons (Fsp3) is 0.0455. The Kier molecular flexibility index (Phi) is 4.37. The average Bonchev–Trinajstić information content (AvgIpc) is 3.45. The van der Waals surface area contributed by atoms with Crippen LogP contribution in [-0.2, 0) is 20.9 Å². The number of nitrogens with zero attached hydrogens (tertiary/aromatic N) is 1. The summed E-state index contributed by atoms with van der Waals surface area (Å²) >= 11 is 5.76. The molecule has 3 aromatic rings. The van der Waals surface area contributed by atoms with E-state index < -0.39 is 17.6 Å². The molecule has 0 saturated carbocycles. The van der Waals surface area contributed by atoms with Crippen molar-refractivity contribution in [1.82, 2.24) is 5.43 Å². The van der Waals surface area contributed by atoms with Crippen LogP contribution >= 0.6 is 11.6 Å². The maximum atomic E-state index is 13.4. The molecule has 7 nitrogen and oxygen atoms in total. The highest BCUT2D eigenvalue weighted by molar-refractivity contribution is 6.33. The molecule has 0 aliphatic carbocycles. The summed E-state index contributed by atoms with van der Waals surface area (Å²) in [5.74, 6) is -1.45. The molecule has 2 aliphatic heterocycles. The third-order valence-electron chi connectivity index (χ3n) is 4.93. The molecule has 2 amide bonds. The van der Waals surface area contributed by atoms with Gasteiger partial charge >= 0.3 is 5.97 Å². The first-order valence-corrected chi connectivity index (χ1v) is 9.51. The molecule has 9 heteroatoms. The quantitative estimate of drug-likeness (QED) is 0.381. The smallest absolute Gasteiger partial charge is 0.338 e. The van der Waals surface area contributed by atoms with E-state index >= 15 is 0 Å². The number of ether oxygens (including phenoxy) is 1. The highest BCUT2D eigenvalue weighted by Crippen LogP contribution is 2.30. The summed E-state index contributed by atoms with van der Waals surface area (Å²) in [6, 6.07) is 12.2. The molecule has 1 aromatic heterocycles. The predicted octanol–water partition coefficient (Wildman–Crippen LogP) is 3.87. The van der Waals surface area contributed by atoms with E-state index in [1.807, 2.05) is 0 Å². The maximum Gasteiger partial charge on any atom is 0.338 e. The Hall–Kier alpha value is -3.91. The van der Waals surface area contributed by atoms with Gasteiger partial charge in [-0.2, -0.15) is 0 Å². The SMILES string of the molecule is O=C1NN(c2ccc(F)c(Cl)c2)C(=O)/C1=C\c1ccc(-c2ccc3c(c2)COC3=O)o1. The number of esters is 1. The van der Waals surface area contributed by atoms with Crippen molar-refractivity contribution in [1.29, 1.82) is 0 Å². The van der Waals surface area contributed by atoms with Crippen LogP contribution in [0.15, 0.2) is 58.5 Å². The number of rotatable bonds is 3. The van der Waals surface area contributed by atoms with E-state index in [0.717, 1.165) is 22.2 Å². The number of carbonyl (C=O) groups excluding carboxylic acids is 3. The Balaban J connectivity index is 1.42. The van der Waals surface area contributed by atoms with Crippen LogP contribution in [0.1, 0.15) is 21.7 Å². The van der Waals surface area contributed by atoms with Gasteiger partial charge in [0.2, 0.25) is 0 Å². The van der Waals surface area contributed by atoms with Gasteiger partial charge in [0.15, 0.2) is 0 Å². The van der Waals surface area contributed by atoms with Crippen LogP contribution in [0.2, 0.25) is 5.02 Å². The van der Waals surface area contributed by atoms with E-state index in [2.05, 4.69) is 5.43 Å². The lowest BCUT2D eigenvalue weighted by Gasteiger charge is -2.14. The molecule has 1 saturated heterocycles. The van der Waals surface area contributed by atoms with Gasteiger partial charge in [0.1, 0.15) is 29.5 Å². The van der Waals surface area contributed by atoms with Crippen LogP contribution in [0.5, 0.6) is 0 Å². The largest absolute Gasteiger partial charge is 0.457 e. The molecular formula is C22H12ClFN2O5. The van der Waals surface area contributed by atoms with E-state index in [-0.39, 0.29) is 28.9 Å². The van der Waals surface area contributed by atoms with Crippen molar-refractivity contribution in [2.75, 3.05) is 5.01 Å². The van der Waals surface area contributed by atoms with Crippen molar-refractivity contribution < 1.29 is 27.9 Å². The predicted molar refractivity (Wildman–Crippen MR) is 108 cm³/mol. The Bertz CT molecular complexity index is 1310. The number of cyclic esters (lactones) is 1. The number of hydrogen-bond acceptors (Lipinski definition) is 5. The maximum absolute atomic E-state index is 13.4. The number of halogens is 2. The Morgan fingerprint density at radius 2 is 1.90 bits per heavy atom. The first-order valence-electron chi connectivity index (χ1n) is 9.13. The zero-order chi connectivity index (χ0) is 21.7. The van der Waals surface area contributed by atoms with Crippen molar-refractivity contribution in [3.05, 3.63) is 81.8 Å². The summed E-state index contributed by atoms with van der Waals surface area (Å²) in [6.07, 6.45) is 1.33. The van der Waals surface area contributed by atoms with Gasteiger partial charge in [-0.05, 0) is 48.5 Å². The third kappa shape index (κ3) is 3.27. The van der Waals surface area contributed by atoms with Crippen molar-refractivity contribution in [3.8, 4) is 11.3 Å². The summed E-state index contributed by atoms with van der Waals surface area (Å²) < 4.78 is 24.2. The first kappa shape index (κ1) is 19.1. The van der Waals surface area contributed by atoms with Gasteiger partial charge in [-0.1, -0.05) is 17.7 Å². The molecular weight excluding hydrogens is 427 g/mol. The number of hydrazine groups is 1. The highest BCUT2D eigenvalue weighted by Gasteiger charge is 2.35. The third-order valence-corrected chi connectivity index (χ3v) is 5.22. The molecule has 1 fully saturated rings. The van der Waals surface area contributed by atoms with Gasteiger partial charge in [0.05, 0.1) is 16.3 Å². The van der Waals surface area contributed by atoms with Crippen LogP contribution in [0.25, 0.3) is 17.4 Å². The number of hydrogen-bond donors (Lipinski definition) is 1. The molecule has 0 unspecified atom stereocenters. The Labute approximate surface area is 179 Å². The van der Waals surface area contributed by atoms with Gasteiger partial charge in [-0.25, -0.2) is 14.2 Å². The molecule has 2 aliphatic rings. The van der Waals surface area contributed by atoms with E-state index in [4.69, 9.17) is 20.8 Å². The molecule has 0 spiro atoms. The standard InChI is InChI=1S/C22H12ClFN2O5/c23-17-8-13(2-5-18(17)24)26-21(28)16(20(27)25-26)9-14-3-6-19(31-14)11-1-4-15-12(7-11)10-30-22(15)29/h1-9H,10H2,(H,25,27)/b16-9-. The van der Waals surface area contributed by atoms with E-state index in [1.54, 1.807) is 30.3 Å². The van der Waals surface area contributed by atoms with Crippen molar-refractivity contribution >= 4 is 41.1 Å². The minimum atomic E-state index is -0.634. The molecule has 0 radical (unpaired) electrons. The summed E-state index contributed by atoms with van der Waals surface area (Å²) in [7, 11) is 0. The van der Waals surface area contributed by atoms with E-state index in [9.17, 15) is 18.8 Å². The molecule has 0 atom stereocenters. The van der Waals surface area contributed by atoms with Crippen LogP contribution in [0.4, 0.5) is 10.1 Å². The lowest BCUT2D eigenvalue weighted by Crippen LogP contribution is -2.35. The fourth-order valence-corrected chi connectivity index (χ4v) is 3.55. The van der Waals surface area contributed by atoms with Gasteiger partial charge in [-0.15, -0.1) is 0 Å². The molecule has 1 N–H and O–H groups in total. The normalized spacial score (nSPS) is 16.6. The van der Waals surface area contributed by atoms with Crippen molar-refractivity contribution in [2.45, 2.75) is 6.61 Å². The molecule has 2 aromatic carbocycles. The number of fused-ring (bicyclic) bond motifs is 1. The van der Waals surface area contributed by atoms with E-state index in [1.165, 1.54) is 18.2 Å². The second-order valence-corrected chi connectivity index (χ2v) is 7.30. The van der Waals surface area contributed by atoms with E-state index in [0.29, 0.717) is 17.1 Å². The zero-order valence-electron chi connectivity index (χ0n) is 15.6. The Morgan fingerprint density at radius 1 is 1.06 bits per heavy atom. The highest BCUT2D eigenvalue weighted by atomic mass is 35.5. The Morgan fingerprint density at radius 3 is 2.71 bits per heavy atom. The summed E-state index contributed by atoms with van der Waals surface area (Å²) in [4.78, 5) is 36.6. The molecule has 5 rings (SSSR count). The number of carbonyl (C=O) groups is 3. The minimum absolute atomic E-state index is 0.144. The van der Waals surface area contributed by atoms with Crippen LogP contribution in [0, 0.1) is 5.82 Å². The minimum Gasteiger partial charge on any atom is -0.457 e. The number of furan rings is 1. The van der Waals surface area contributed by atoms with Crippen LogP contribution < -0.4 is 10.4 Å². The number of benzene rings is 2. The number of nitrogens with one attached hydrogen (secondary N) is 1. The first-order chi connectivity index (χ1) is 14.9. The summed E-state index contributed by atoms with van der Waals surface area (Å²) in [6.45, 7) is 0.206. The fourth-order valence-electron chi connectivity index (χ4n) is 3.38. The van der Waals surface area contributed by atoms with Crippen molar-refractivity contribution in [3.63, 3.8) is 0 Å². The number of amides is 2.